The van der Waals surface area contributed by atoms with E-state index in [-0.39, 0.29) is 5.91 Å². The molecule has 0 radical (unpaired) electrons. The summed E-state index contributed by atoms with van der Waals surface area (Å²) in [5, 5.41) is 0.633. The fraction of sp³-hybridized carbons (Fsp3) is 0.200. The Bertz CT molecular complexity index is 540. The number of aromatic nitrogens is 1. The van der Waals surface area contributed by atoms with Crippen LogP contribution in [0, 0.1) is 0 Å². The fourth-order valence-corrected chi connectivity index (χ4v) is 1.94. The van der Waals surface area contributed by atoms with Gasteiger partial charge >= 0.3 is 0 Å². The average molecular weight is 275 g/mol. The van der Waals surface area contributed by atoms with Crippen molar-refractivity contribution in [2.45, 2.75) is 13.5 Å². The van der Waals surface area contributed by atoms with E-state index in [1.54, 1.807) is 41.6 Å². The minimum Gasteiger partial charge on any atom is -0.335 e. The Hall–Kier alpha value is -1.87. The molecule has 0 aliphatic carbocycles. The van der Waals surface area contributed by atoms with Crippen LogP contribution in [0.4, 0.5) is 0 Å². The lowest BCUT2D eigenvalue weighted by Gasteiger charge is -2.21. The van der Waals surface area contributed by atoms with Crippen molar-refractivity contribution in [3.8, 4) is 0 Å². The number of benzene rings is 1. The zero-order valence-electron chi connectivity index (χ0n) is 10.7. The third kappa shape index (κ3) is 3.55. The van der Waals surface area contributed by atoms with Crippen molar-refractivity contribution in [2.75, 3.05) is 6.54 Å². The van der Waals surface area contributed by atoms with Gasteiger partial charge in [-0.25, -0.2) is 0 Å². The van der Waals surface area contributed by atoms with Crippen LogP contribution < -0.4 is 0 Å². The van der Waals surface area contributed by atoms with Gasteiger partial charge in [-0.2, -0.15) is 0 Å². The second-order valence-corrected chi connectivity index (χ2v) is 4.62. The predicted molar refractivity (Wildman–Crippen MR) is 76.1 cm³/mol. The van der Waals surface area contributed by atoms with Gasteiger partial charge in [0, 0.05) is 36.1 Å². The maximum Gasteiger partial charge on any atom is 0.254 e. The third-order valence-corrected chi connectivity index (χ3v) is 3.13. The zero-order chi connectivity index (χ0) is 13.7. The minimum atomic E-state index is 0.0102. The number of hydrogen-bond acceptors (Lipinski definition) is 2. The molecule has 2 aromatic rings. The van der Waals surface area contributed by atoms with Crippen molar-refractivity contribution in [2.24, 2.45) is 0 Å². The Balaban J connectivity index is 2.13. The summed E-state index contributed by atoms with van der Waals surface area (Å²) < 4.78 is 0. The van der Waals surface area contributed by atoms with Gasteiger partial charge < -0.3 is 4.90 Å². The van der Waals surface area contributed by atoms with Crippen LogP contribution >= 0.6 is 11.6 Å². The van der Waals surface area contributed by atoms with Crippen molar-refractivity contribution in [1.29, 1.82) is 0 Å². The molecular formula is C15H15ClN2O. The van der Waals surface area contributed by atoms with E-state index in [0.29, 0.717) is 23.7 Å². The number of halogens is 1. The maximum atomic E-state index is 12.4. The normalized spacial score (nSPS) is 10.2. The molecule has 98 valence electrons. The van der Waals surface area contributed by atoms with E-state index >= 15 is 0 Å². The largest absolute Gasteiger partial charge is 0.335 e. The molecule has 0 spiro atoms. The molecule has 1 aromatic heterocycles. The van der Waals surface area contributed by atoms with Gasteiger partial charge in [0.2, 0.25) is 0 Å². The molecule has 0 aliphatic heterocycles. The molecule has 3 nitrogen and oxygen atoms in total. The van der Waals surface area contributed by atoms with Crippen molar-refractivity contribution in [3.05, 3.63) is 64.9 Å². The molecule has 0 fully saturated rings. The molecule has 1 aromatic carbocycles. The first-order chi connectivity index (χ1) is 9.20. The number of nitrogens with zero attached hydrogens (tertiary/aromatic N) is 2. The van der Waals surface area contributed by atoms with E-state index in [4.69, 9.17) is 11.6 Å². The first kappa shape index (κ1) is 13.6. The lowest BCUT2D eigenvalue weighted by atomic mass is 10.2. The molecule has 19 heavy (non-hydrogen) atoms. The van der Waals surface area contributed by atoms with E-state index in [9.17, 15) is 4.79 Å². The molecule has 0 unspecified atom stereocenters. The van der Waals surface area contributed by atoms with Gasteiger partial charge in [0.15, 0.2) is 0 Å². The Morgan fingerprint density at radius 3 is 2.37 bits per heavy atom. The molecular weight excluding hydrogens is 260 g/mol. The highest BCUT2D eigenvalue weighted by atomic mass is 35.5. The molecule has 0 N–H and O–H groups in total. The van der Waals surface area contributed by atoms with E-state index in [1.165, 1.54) is 0 Å². The molecule has 0 bridgehead atoms. The topological polar surface area (TPSA) is 33.2 Å². The van der Waals surface area contributed by atoms with Crippen LogP contribution in [0.25, 0.3) is 0 Å². The van der Waals surface area contributed by atoms with Crippen LogP contribution in [0.5, 0.6) is 0 Å². The van der Waals surface area contributed by atoms with Crippen LogP contribution in [-0.4, -0.2) is 22.3 Å². The van der Waals surface area contributed by atoms with Gasteiger partial charge in [0.25, 0.3) is 5.91 Å². The van der Waals surface area contributed by atoms with E-state index in [2.05, 4.69) is 4.98 Å². The fourth-order valence-electron chi connectivity index (χ4n) is 1.81. The van der Waals surface area contributed by atoms with Gasteiger partial charge in [-0.1, -0.05) is 11.6 Å². The summed E-state index contributed by atoms with van der Waals surface area (Å²) in [6.45, 7) is 3.21. The second kappa shape index (κ2) is 6.34. The number of carbonyl (C=O) groups is 1. The smallest absolute Gasteiger partial charge is 0.254 e. The highest BCUT2D eigenvalue weighted by Gasteiger charge is 2.14. The van der Waals surface area contributed by atoms with Gasteiger partial charge in [0.1, 0.15) is 0 Å². The highest BCUT2D eigenvalue weighted by Crippen LogP contribution is 2.13. The number of carbonyl (C=O) groups excluding carboxylic acids is 1. The maximum absolute atomic E-state index is 12.4. The Kier molecular flexibility index (Phi) is 4.53. The van der Waals surface area contributed by atoms with Gasteiger partial charge in [-0.05, 0) is 48.9 Å². The SMILES string of the molecule is CCN(Cc1ccncc1)C(=O)c1ccc(Cl)cc1. The summed E-state index contributed by atoms with van der Waals surface area (Å²) in [6.07, 6.45) is 3.46. The quantitative estimate of drug-likeness (QED) is 0.856. The van der Waals surface area contributed by atoms with E-state index in [1.807, 2.05) is 19.1 Å². The van der Waals surface area contributed by atoms with E-state index < -0.39 is 0 Å². The van der Waals surface area contributed by atoms with Crippen LogP contribution in [0.15, 0.2) is 48.8 Å². The number of rotatable bonds is 4. The van der Waals surface area contributed by atoms with Gasteiger partial charge in [-0.3, -0.25) is 9.78 Å². The Morgan fingerprint density at radius 1 is 1.16 bits per heavy atom. The highest BCUT2D eigenvalue weighted by molar-refractivity contribution is 6.30. The molecule has 0 saturated heterocycles. The molecule has 0 atom stereocenters. The lowest BCUT2D eigenvalue weighted by Crippen LogP contribution is -2.30. The summed E-state index contributed by atoms with van der Waals surface area (Å²) in [5.41, 5.74) is 1.72. The van der Waals surface area contributed by atoms with E-state index in [0.717, 1.165) is 5.56 Å². The van der Waals surface area contributed by atoms with Crippen molar-refractivity contribution < 1.29 is 4.79 Å². The minimum absolute atomic E-state index is 0.0102. The van der Waals surface area contributed by atoms with Gasteiger partial charge in [-0.15, -0.1) is 0 Å². The predicted octanol–water partition coefficient (Wildman–Crippen LogP) is 3.40. The lowest BCUT2D eigenvalue weighted by molar-refractivity contribution is 0.0752. The Labute approximate surface area is 117 Å². The van der Waals surface area contributed by atoms with Crippen LogP contribution in [0.1, 0.15) is 22.8 Å². The first-order valence-corrected chi connectivity index (χ1v) is 6.52. The summed E-state index contributed by atoms with van der Waals surface area (Å²) >= 11 is 5.83. The number of pyridine rings is 1. The molecule has 0 saturated carbocycles. The number of amides is 1. The monoisotopic (exact) mass is 274 g/mol. The summed E-state index contributed by atoms with van der Waals surface area (Å²) in [4.78, 5) is 18.1. The molecule has 4 heteroatoms. The van der Waals surface area contributed by atoms with Crippen molar-refractivity contribution >= 4 is 17.5 Å². The molecule has 1 amide bonds. The van der Waals surface area contributed by atoms with Crippen LogP contribution in [0.2, 0.25) is 5.02 Å². The Morgan fingerprint density at radius 2 is 1.79 bits per heavy atom. The van der Waals surface area contributed by atoms with Gasteiger partial charge in [0.05, 0.1) is 0 Å². The number of hydrogen-bond donors (Lipinski definition) is 0. The third-order valence-electron chi connectivity index (χ3n) is 2.88. The molecule has 1 heterocycles. The van der Waals surface area contributed by atoms with Crippen molar-refractivity contribution in [1.82, 2.24) is 9.88 Å². The van der Waals surface area contributed by atoms with Crippen LogP contribution in [-0.2, 0) is 6.54 Å². The van der Waals surface area contributed by atoms with Crippen LogP contribution in [0.3, 0.4) is 0 Å². The van der Waals surface area contributed by atoms with Crippen molar-refractivity contribution in [3.63, 3.8) is 0 Å². The summed E-state index contributed by atoms with van der Waals surface area (Å²) in [5.74, 6) is 0.0102. The summed E-state index contributed by atoms with van der Waals surface area (Å²) in [6, 6.07) is 10.8. The summed E-state index contributed by atoms with van der Waals surface area (Å²) in [7, 11) is 0. The first-order valence-electron chi connectivity index (χ1n) is 6.14. The zero-order valence-corrected chi connectivity index (χ0v) is 11.5. The molecule has 2 rings (SSSR count). The standard InChI is InChI=1S/C15H15ClN2O/c1-2-18(11-12-7-9-17-10-8-12)15(19)13-3-5-14(16)6-4-13/h3-10H,2,11H2,1H3. The second-order valence-electron chi connectivity index (χ2n) is 4.18. The average Bonchev–Trinajstić information content (AvgIpc) is 2.46. The molecule has 0 aliphatic rings.